The number of likely N-dealkylation sites (N-methyl/N-ethyl adjacent to an activating group) is 1. The van der Waals surface area contributed by atoms with Gasteiger partial charge in [0.05, 0.1) is 5.56 Å². The number of nitrogens with zero attached hydrogens (tertiary/aromatic N) is 4. The van der Waals surface area contributed by atoms with Gasteiger partial charge >= 0.3 is 6.18 Å². The van der Waals surface area contributed by atoms with E-state index in [0.29, 0.717) is 55.9 Å². The van der Waals surface area contributed by atoms with E-state index in [1.165, 1.54) is 12.1 Å². The minimum absolute atomic E-state index is 0.0291. The molecular formula is C33H37F3N4O3. The molecule has 5 rings (SSSR count). The van der Waals surface area contributed by atoms with Gasteiger partial charge in [0.1, 0.15) is 11.9 Å². The van der Waals surface area contributed by atoms with Crippen molar-refractivity contribution in [3.63, 3.8) is 0 Å². The van der Waals surface area contributed by atoms with E-state index in [-0.39, 0.29) is 41.9 Å². The van der Waals surface area contributed by atoms with E-state index in [0.717, 1.165) is 24.7 Å². The van der Waals surface area contributed by atoms with Gasteiger partial charge in [0.15, 0.2) is 5.78 Å². The van der Waals surface area contributed by atoms with Gasteiger partial charge < -0.3 is 14.5 Å². The number of hydrogen-bond acceptors (Lipinski definition) is 6. The second kappa shape index (κ2) is 13.3. The normalized spacial score (nSPS) is 17.2. The number of Topliss-reactive ketones (excluding diaryl/α,β-unsaturated/α-hetero) is 1. The molecule has 2 aromatic carbocycles. The van der Waals surface area contributed by atoms with Gasteiger partial charge in [-0.25, -0.2) is 0 Å². The van der Waals surface area contributed by atoms with E-state index >= 15 is 0 Å². The molecule has 2 saturated heterocycles. The quantitative estimate of drug-likeness (QED) is 0.332. The Morgan fingerprint density at radius 1 is 0.907 bits per heavy atom. The first-order valence-electron chi connectivity index (χ1n) is 14.7. The molecule has 3 heterocycles. The third kappa shape index (κ3) is 7.80. The molecular weight excluding hydrogens is 557 g/mol. The first kappa shape index (κ1) is 30.7. The molecule has 0 spiro atoms. The third-order valence-corrected chi connectivity index (χ3v) is 8.29. The summed E-state index contributed by atoms with van der Waals surface area (Å²) in [4.78, 5) is 35.8. The maximum atomic E-state index is 14.0. The number of carbonyl (C=O) groups excluding carboxylic acids is 2. The fourth-order valence-electron chi connectivity index (χ4n) is 5.60. The van der Waals surface area contributed by atoms with Crippen LogP contribution in [0.2, 0.25) is 0 Å². The summed E-state index contributed by atoms with van der Waals surface area (Å²) in [5.74, 6) is 0.232. The van der Waals surface area contributed by atoms with Gasteiger partial charge in [0.2, 0.25) is 0 Å². The van der Waals surface area contributed by atoms with Crippen LogP contribution in [-0.2, 0) is 19.1 Å². The number of likely N-dealkylation sites (tertiary alicyclic amines) is 1. The first-order valence-corrected chi connectivity index (χ1v) is 14.7. The molecule has 1 aromatic heterocycles. The van der Waals surface area contributed by atoms with E-state index < -0.39 is 11.7 Å². The largest absolute Gasteiger partial charge is 0.490 e. The molecule has 1 amide bonds. The zero-order valence-corrected chi connectivity index (χ0v) is 24.6. The zero-order chi connectivity index (χ0) is 30.6. The van der Waals surface area contributed by atoms with Crippen LogP contribution in [0.4, 0.5) is 13.2 Å². The van der Waals surface area contributed by atoms with Gasteiger partial charge in [-0.3, -0.25) is 19.5 Å². The summed E-state index contributed by atoms with van der Waals surface area (Å²) in [7, 11) is 2.00. The van der Waals surface area contributed by atoms with Gasteiger partial charge in [-0.1, -0.05) is 24.3 Å². The molecule has 2 aliphatic heterocycles. The molecule has 10 heteroatoms. The predicted molar refractivity (Wildman–Crippen MR) is 157 cm³/mol. The topological polar surface area (TPSA) is 66.0 Å². The number of halogens is 3. The van der Waals surface area contributed by atoms with Crippen LogP contribution >= 0.6 is 0 Å². The molecule has 0 aliphatic carbocycles. The predicted octanol–water partition coefficient (Wildman–Crippen LogP) is 5.27. The fourth-order valence-corrected chi connectivity index (χ4v) is 5.60. The molecule has 228 valence electrons. The minimum atomic E-state index is -4.55. The highest BCUT2D eigenvalue weighted by atomic mass is 19.4. The Morgan fingerprint density at radius 2 is 1.60 bits per heavy atom. The van der Waals surface area contributed by atoms with Crippen molar-refractivity contribution in [2.24, 2.45) is 0 Å². The van der Waals surface area contributed by atoms with Crippen LogP contribution in [0.1, 0.15) is 55.8 Å². The van der Waals surface area contributed by atoms with E-state index in [9.17, 15) is 22.8 Å². The fraction of sp³-hybridized carbons (Fsp3) is 0.424. The summed E-state index contributed by atoms with van der Waals surface area (Å²) < 4.78 is 48.4. The van der Waals surface area contributed by atoms with Gasteiger partial charge in [0, 0.05) is 88.6 Å². The molecule has 0 atom stereocenters. The summed E-state index contributed by atoms with van der Waals surface area (Å²) in [6, 6.07) is 12.8. The Hall–Kier alpha value is -3.76. The second-order valence-electron chi connectivity index (χ2n) is 11.5. The van der Waals surface area contributed by atoms with E-state index in [1.54, 1.807) is 30.6 Å². The smallest absolute Gasteiger partial charge is 0.416 e. The number of pyridine rings is 1. The Bertz CT molecular complexity index is 1430. The Morgan fingerprint density at radius 3 is 2.28 bits per heavy atom. The molecule has 0 N–H and O–H groups in total. The highest BCUT2D eigenvalue weighted by Gasteiger charge is 2.34. The molecule has 0 unspecified atom stereocenters. The average Bonchev–Trinajstić information content (AvgIpc) is 3.00. The first-order chi connectivity index (χ1) is 20.6. The number of amides is 1. The van der Waals surface area contributed by atoms with Crippen molar-refractivity contribution >= 4 is 11.7 Å². The standard InChI is InChI=1S/C33H37F3N4O3/c1-23-3-4-24(20-31(23)43-28-9-13-40(14-10-28)32(42)25-7-11-37-12-8-25)19-30(41)26-5-6-27(29(21-26)33(34,35)36)22-39-17-15-38(2)16-18-39/h3-8,11-12,20-21,28H,9-10,13-19,22H2,1-2H3. The van der Waals surface area contributed by atoms with Gasteiger partial charge in [0.25, 0.3) is 5.91 Å². The number of ketones is 1. The number of alkyl halides is 3. The molecule has 0 radical (unpaired) electrons. The number of benzene rings is 2. The van der Waals surface area contributed by atoms with Crippen LogP contribution in [0.5, 0.6) is 5.75 Å². The SMILES string of the molecule is Cc1ccc(CC(=O)c2ccc(CN3CCN(C)CC3)c(C(F)(F)F)c2)cc1OC1CCN(C(=O)c2ccncc2)CC1. The number of ether oxygens (including phenoxy) is 1. The van der Waals surface area contributed by atoms with Crippen LogP contribution in [0.25, 0.3) is 0 Å². The lowest BCUT2D eigenvalue weighted by Gasteiger charge is -2.33. The van der Waals surface area contributed by atoms with Crippen molar-refractivity contribution in [1.82, 2.24) is 19.7 Å². The molecule has 2 fully saturated rings. The van der Waals surface area contributed by atoms with Crippen LogP contribution in [0.3, 0.4) is 0 Å². The molecule has 3 aromatic rings. The lowest BCUT2D eigenvalue weighted by molar-refractivity contribution is -0.138. The maximum Gasteiger partial charge on any atom is 0.416 e. The number of rotatable bonds is 8. The lowest BCUT2D eigenvalue weighted by Crippen LogP contribution is -2.44. The van der Waals surface area contributed by atoms with Crippen molar-refractivity contribution in [3.8, 4) is 5.75 Å². The summed E-state index contributed by atoms with van der Waals surface area (Å²) in [5, 5.41) is 0. The Kier molecular flexibility index (Phi) is 9.46. The number of carbonyl (C=O) groups is 2. The Labute approximate surface area is 250 Å². The minimum Gasteiger partial charge on any atom is -0.490 e. The molecule has 0 saturated carbocycles. The van der Waals surface area contributed by atoms with E-state index in [2.05, 4.69) is 9.88 Å². The highest BCUT2D eigenvalue weighted by molar-refractivity contribution is 5.98. The van der Waals surface area contributed by atoms with Crippen LogP contribution in [-0.4, -0.2) is 83.8 Å². The second-order valence-corrected chi connectivity index (χ2v) is 11.5. The number of piperazine rings is 1. The van der Waals surface area contributed by atoms with E-state index in [4.69, 9.17) is 4.74 Å². The maximum absolute atomic E-state index is 14.0. The van der Waals surface area contributed by atoms with Crippen LogP contribution < -0.4 is 4.74 Å². The summed E-state index contributed by atoms with van der Waals surface area (Å²) in [6.45, 7) is 6.27. The third-order valence-electron chi connectivity index (χ3n) is 8.29. The highest BCUT2D eigenvalue weighted by Crippen LogP contribution is 2.34. The summed E-state index contributed by atoms with van der Waals surface area (Å²) in [5.41, 5.74) is 1.66. The van der Waals surface area contributed by atoms with E-state index in [1.807, 2.05) is 35.9 Å². The molecule has 2 aliphatic rings. The Balaban J connectivity index is 1.22. The van der Waals surface area contributed by atoms with Crippen molar-refractivity contribution in [2.45, 2.75) is 45.0 Å². The van der Waals surface area contributed by atoms with Gasteiger partial charge in [-0.05, 0) is 54.9 Å². The van der Waals surface area contributed by atoms with Crippen molar-refractivity contribution in [1.29, 1.82) is 0 Å². The van der Waals surface area contributed by atoms with Crippen molar-refractivity contribution < 1.29 is 27.5 Å². The monoisotopic (exact) mass is 594 g/mol. The number of hydrogen-bond donors (Lipinski definition) is 0. The molecule has 0 bridgehead atoms. The zero-order valence-electron chi connectivity index (χ0n) is 24.6. The van der Waals surface area contributed by atoms with Crippen LogP contribution in [0.15, 0.2) is 60.9 Å². The lowest BCUT2D eigenvalue weighted by atomic mass is 9.97. The number of aryl methyl sites for hydroxylation is 1. The van der Waals surface area contributed by atoms with Crippen molar-refractivity contribution in [3.05, 3.63) is 94.3 Å². The summed E-state index contributed by atoms with van der Waals surface area (Å²) >= 11 is 0. The number of piperidine rings is 1. The molecule has 43 heavy (non-hydrogen) atoms. The average molecular weight is 595 g/mol. The van der Waals surface area contributed by atoms with Crippen molar-refractivity contribution in [2.75, 3.05) is 46.3 Å². The molecule has 7 nitrogen and oxygen atoms in total. The summed E-state index contributed by atoms with van der Waals surface area (Å²) in [6.07, 6.45) is -0.146. The number of aromatic nitrogens is 1. The van der Waals surface area contributed by atoms with Gasteiger partial charge in [-0.15, -0.1) is 0 Å². The van der Waals surface area contributed by atoms with Crippen LogP contribution in [0, 0.1) is 6.92 Å². The van der Waals surface area contributed by atoms with Gasteiger partial charge in [-0.2, -0.15) is 13.2 Å².